The van der Waals surface area contributed by atoms with Gasteiger partial charge in [-0.15, -0.1) is 0 Å². The molecule has 3 heterocycles. The molecule has 0 saturated heterocycles. The molecule has 3 aliphatic heterocycles. The highest BCUT2D eigenvalue weighted by molar-refractivity contribution is 7.99. The van der Waals surface area contributed by atoms with E-state index < -0.39 is 0 Å². The van der Waals surface area contributed by atoms with Crippen molar-refractivity contribution in [2.24, 2.45) is 11.8 Å². The van der Waals surface area contributed by atoms with Crippen LogP contribution in [0.15, 0.2) is 295 Å². The van der Waals surface area contributed by atoms with E-state index in [9.17, 15) is 0 Å². The fourth-order valence-corrected chi connectivity index (χ4v) is 16.1. The van der Waals surface area contributed by atoms with Crippen molar-refractivity contribution < 1.29 is 0 Å². The molecule has 0 N–H and O–H groups in total. The lowest BCUT2D eigenvalue weighted by molar-refractivity contribution is 0.419. The standard InChI is InChI=1S/C79H58BN3S/c1-6-19-53(20-7-1)58-35-38-69-76(49-58)83(67-47-63(56-25-12-4-13-26-56)44-64(48-67)57-27-14-5-15-28-57)75-31-18-30-74-79(75)80(69)70-51-65(81-72-29-16-17-32-77(72)84-78-50-60(36-39-73(78)81)68-42-52-33-34-59(68)41-52)37-40-71(70)82(74)66-45-61(54-21-8-2-9-22-54)43-62(46-66)55-23-10-3-11-24-55/h1-32,35-40,43-52,59,68H,33-34,41-42H2. The normalized spacial score (nSPS) is 16.8. The quantitative estimate of drug-likeness (QED) is 0.133. The highest BCUT2D eigenvalue weighted by Crippen LogP contribution is 2.57. The van der Waals surface area contributed by atoms with E-state index in [4.69, 9.17) is 0 Å². The average molecular weight is 1090 g/mol. The third-order valence-electron chi connectivity index (χ3n) is 18.8. The maximum absolute atomic E-state index is 2.58. The van der Waals surface area contributed by atoms with E-state index in [1.807, 2.05) is 11.8 Å². The Kier molecular flexibility index (Phi) is 11.8. The Morgan fingerprint density at radius 1 is 0.298 bits per heavy atom. The molecule has 398 valence electrons. The van der Waals surface area contributed by atoms with Crippen molar-refractivity contribution in [2.75, 3.05) is 14.7 Å². The molecule has 2 aliphatic carbocycles. The van der Waals surface area contributed by atoms with Crippen molar-refractivity contribution in [3.05, 3.63) is 291 Å². The zero-order valence-corrected chi connectivity index (χ0v) is 47.3. The number of para-hydroxylation sites is 1. The second-order valence-corrected chi connectivity index (χ2v) is 24.7. The van der Waals surface area contributed by atoms with E-state index >= 15 is 0 Å². The molecule has 2 fully saturated rings. The molecule has 0 amide bonds. The van der Waals surface area contributed by atoms with Gasteiger partial charge in [-0.05, 0) is 212 Å². The third-order valence-corrected chi connectivity index (χ3v) is 20.0. The van der Waals surface area contributed by atoms with Gasteiger partial charge in [-0.25, -0.2) is 0 Å². The SMILES string of the molecule is c1ccc(-c2cc(-c3ccccc3)cc(N3c4ccc(N5c6ccccc6Sc6cc(C7CC8CCC7C8)ccc65)cc4B4c5ccc(-c6ccccc6)cc5N(c5cc(-c6ccccc6)cc(-c6ccccc6)c5)c5cccc3c54)c2)cc1. The fraction of sp³-hybridized carbons (Fsp3) is 0.0886. The van der Waals surface area contributed by atoms with Gasteiger partial charge in [-0.2, -0.15) is 0 Å². The molecule has 17 rings (SSSR count). The lowest BCUT2D eigenvalue weighted by atomic mass is 9.33. The van der Waals surface area contributed by atoms with Gasteiger partial charge in [0.25, 0.3) is 6.71 Å². The highest BCUT2D eigenvalue weighted by Gasteiger charge is 2.45. The van der Waals surface area contributed by atoms with Gasteiger partial charge in [0.05, 0.1) is 11.4 Å². The van der Waals surface area contributed by atoms with Crippen molar-refractivity contribution in [3.8, 4) is 55.6 Å². The molecule has 0 spiro atoms. The zero-order valence-electron chi connectivity index (χ0n) is 46.5. The molecule has 3 nitrogen and oxygen atoms in total. The Hall–Kier alpha value is -9.55. The summed E-state index contributed by atoms with van der Waals surface area (Å²) in [6.45, 7) is -0.121. The van der Waals surface area contributed by atoms with Crippen LogP contribution < -0.4 is 31.1 Å². The van der Waals surface area contributed by atoms with Gasteiger partial charge < -0.3 is 14.7 Å². The Morgan fingerprint density at radius 2 is 0.786 bits per heavy atom. The van der Waals surface area contributed by atoms with E-state index in [1.165, 1.54) is 147 Å². The maximum atomic E-state index is 2.58. The van der Waals surface area contributed by atoms with Crippen molar-refractivity contribution in [1.82, 2.24) is 0 Å². The van der Waals surface area contributed by atoms with E-state index in [0.717, 1.165) is 28.9 Å². The Morgan fingerprint density at radius 3 is 1.33 bits per heavy atom. The van der Waals surface area contributed by atoms with Crippen LogP contribution in [0, 0.1) is 11.8 Å². The molecule has 2 bridgehead atoms. The summed E-state index contributed by atoms with van der Waals surface area (Å²) in [5.41, 5.74) is 27.7. The smallest absolute Gasteiger partial charge is 0.252 e. The van der Waals surface area contributed by atoms with Crippen LogP contribution in [-0.4, -0.2) is 6.71 Å². The zero-order chi connectivity index (χ0) is 55.2. The summed E-state index contributed by atoms with van der Waals surface area (Å²) >= 11 is 1.94. The minimum absolute atomic E-state index is 0.121. The molecule has 2 saturated carbocycles. The van der Waals surface area contributed by atoms with Crippen LogP contribution in [0.2, 0.25) is 0 Å². The maximum Gasteiger partial charge on any atom is 0.252 e. The molecule has 3 unspecified atom stereocenters. The van der Waals surface area contributed by atoms with E-state index in [2.05, 4.69) is 300 Å². The minimum atomic E-state index is -0.121. The number of nitrogens with zero attached hydrogens (tertiary/aromatic N) is 3. The Bertz CT molecular complexity index is 4400. The summed E-state index contributed by atoms with van der Waals surface area (Å²) in [5, 5.41) is 0. The Balaban J connectivity index is 0.928. The molecule has 5 heteroatoms. The van der Waals surface area contributed by atoms with E-state index in [-0.39, 0.29) is 6.71 Å². The van der Waals surface area contributed by atoms with Gasteiger partial charge in [0.2, 0.25) is 0 Å². The van der Waals surface area contributed by atoms with Crippen LogP contribution in [-0.2, 0) is 0 Å². The molecule has 12 aromatic carbocycles. The van der Waals surface area contributed by atoms with Crippen LogP contribution in [0.3, 0.4) is 0 Å². The lowest BCUT2D eigenvalue weighted by Crippen LogP contribution is -2.61. The van der Waals surface area contributed by atoms with Gasteiger partial charge in [0.1, 0.15) is 0 Å². The first-order chi connectivity index (χ1) is 41.6. The molecule has 5 aliphatic rings. The van der Waals surface area contributed by atoms with Crippen molar-refractivity contribution >= 4 is 86.0 Å². The Labute approximate surface area is 497 Å². The van der Waals surface area contributed by atoms with Crippen molar-refractivity contribution in [3.63, 3.8) is 0 Å². The second kappa shape index (κ2) is 20.1. The first kappa shape index (κ1) is 49.1. The van der Waals surface area contributed by atoms with Crippen molar-refractivity contribution in [2.45, 2.75) is 41.4 Å². The number of fused-ring (bicyclic) bond motifs is 8. The van der Waals surface area contributed by atoms with Crippen LogP contribution in [0.5, 0.6) is 0 Å². The van der Waals surface area contributed by atoms with E-state index in [1.54, 1.807) is 0 Å². The monoisotopic (exact) mass is 1090 g/mol. The average Bonchev–Trinajstić information content (AvgIpc) is 1.36. The molecule has 0 aromatic heterocycles. The van der Waals surface area contributed by atoms with Gasteiger partial charge in [0, 0.05) is 49.6 Å². The lowest BCUT2D eigenvalue weighted by Gasteiger charge is -2.45. The highest BCUT2D eigenvalue weighted by atomic mass is 32.2. The molecule has 12 aromatic rings. The topological polar surface area (TPSA) is 9.72 Å². The number of hydrogen-bond donors (Lipinski definition) is 0. The fourth-order valence-electron chi connectivity index (χ4n) is 15.0. The number of anilines is 9. The van der Waals surface area contributed by atoms with Crippen LogP contribution in [0.4, 0.5) is 51.2 Å². The predicted octanol–water partition coefficient (Wildman–Crippen LogP) is 19.9. The van der Waals surface area contributed by atoms with Gasteiger partial charge in [-0.3, -0.25) is 0 Å². The first-order valence-electron chi connectivity index (χ1n) is 29.9. The second-order valence-electron chi connectivity index (χ2n) is 23.6. The number of rotatable bonds is 9. The molecular weight excluding hydrogens is 1030 g/mol. The van der Waals surface area contributed by atoms with E-state index in [0.29, 0.717) is 5.92 Å². The summed E-state index contributed by atoms with van der Waals surface area (Å²) in [7, 11) is 0. The number of benzene rings is 12. The largest absolute Gasteiger partial charge is 0.311 e. The molecule has 0 radical (unpaired) electrons. The summed E-state index contributed by atoms with van der Waals surface area (Å²) in [5.74, 6) is 2.36. The van der Waals surface area contributed by atoms with Gasteiger partial charge >= 0.3 is 0 Å². The van der Waals surface area contributed by atoms with Crippen LogP contribution >= 0.6 is 11.8 Å². The summed E-state index contributed by atoms with van der Waals surface area (Å²) in [6.07, 6.45) is 5.51. The van der Waals surface area contributed by atoms with Crippen molar-refractivity contribution in [1.29, 1.82) is 0 Å². The summed E-state index contributed by atoms with van der Waals surface area (Å²) in [6, 6.07) is 107. The van der Waals surface area contributed by atoms with Gasteiger partial charge in [0.15, 0.2) is 0 Å². The summed E-state index contributed by atoms with van der Waals surface area (Å²) in [4.78, 5) is 10.4. The third kappa shape index (κ3) is 8.27. The van der Waals surface area contributed by atoms with Crippen LogP contribution in [0.1, 0.15) is 37.2 Å². The first-order valence-corrected chi connectivity index (χ1v) is 30.7. The molecule has 84 heavy (non-hydrogen) atoms. The summed E-state index contributed by atoms with van der Waals surface area (Å²) < 4.78 is 0. The van der Waals surface area contributed by atoms with Crippen LogP contribution in [0.25, 0.3) is 55.6 Å². The molecular formula is C79H58BN3S. The minimum Gasteiger partial charge on any atom is -0.311 e. The number of hydrogen-bond acceptors (Lipinski definition) is 4. The predicted molar refractivity (Wildman–Crippen MR) is 355 cm³/mol. The van der Waals surface area contributed by atoms with Gasteiger partial charge in [-0.1, -0.05) is 206 Å². The molecule has 3 atom stereocenters.